The van der Waals surface area contributed by atoms with Crippen molar-refractivity contribution < 1.29 is 0 Å². The highest BCUT2D eigenvalue weighted by atomic mass is 35.6. The molecule has 0 saturated carbocycles. The van der Waals surface area contributed by atoms with Crippen LogP contribution in [0, 0.1) is 11.8 Å². The van der Waals surface area contributed by atoms with Crippen LogP contribution in [0.15, 0.2) is 0 Å². The van der Waals surface area contributed by atoms with Crippen LogP contribution in [0.5, 0.6) is 0 Å². The molecule has 0 spiro atoms. The van der Waals surface area contributed by atoms with Crippen LogP contribution in [0.25, 0.3) is 0 Å². The lowest BCUT2D eigenvalue weighted by molar-refractivity contribution is 0.449. The minimum atomic E-state index is -1.71. The van der Waals surface area contributed by atoms with Crippen molar-refractivity contribution in [2.24, 2.45) is 11.8 Å². The van der Waals surface area contributed by atoms with Gasteiger partial charge in [0.25, 0.3) is 0 Å². The molecule has 0 aromatic carbocycles. The fourth-order valence-corrected chi connectivity index (χ4v) is 8.53. The summed E-state index contributed by atoms with van der Waals surface area (Å²) in [6.45, 7) is 18.6. The van der Waals surface area contributed by atoms with Gasteiger partial charge in [0, 0.05) is 0 Å². The van der Waals surface area contributed by atoms with E-state index in [1.807, 2.05) is 0 Å². The Morgan fingerprint density at radius 3 is 1.60 bits per heavy atom. The van der Waals surface area contributed by atoms with Crippen LogP contribution in [0.1, 0.15) is 55.4 Å². The second kappa shape index (κ2) is 5.22. The van der Waals surface area contributed by atoms with Crippen LogP contribution in [-0.2, 0) is 0 Å². The Hall–Kier alpha value is 0.507. The van der Waals surface area contributed by atoms with Gasteiger partial charge in [-0.2, -0.15) is 11.1 Å². The molecule has 0 aromatic heterocycles. The number of rotatable bonds is 5. The van der Waals surface area contributed by atoms with E-state index in [-0.39, 0.29) is 0 Å². The van der Waals surface area contributed by atoms with Crippen molar-refractivity contribution in [2.75, 3.05) is 0 Å². The highest BCUT2D eigenvalue weighted by molar-refractivity contribution is 7.22. The first-order valence-corrected chi connectivity index (χ1v) is 9.54. The zero-order valence-corrected chi connectivity index (χ0v) is 13.6. The summed E-state index contributed by atoms with van der Waals surface area (Å²) >= 11 is 7.09. The summed E-state index contributed by atoms with van der Waals surface area (Å²) in [5.74, 6) is 1.39. The minimum absolute atomic E-state index is 0.312. The molecule has 0 heterocycles. The first-order chi connectivity index (χ1) is 6.55. The summed E-state index contributed by atoms with van der Waals surface area (Å²) in [5, 5.41) is 0.312. The molecule has 92 valence electrons. The van der Waals surface area contributed by atoms with Crippen molar-refractivity contribution in [3.63, 3.8) is 0 Å². The van der Waals surface area contributed by atoms with E-state index in [1.54, 1.807) is 0 Å². The summed E-state index contributed by atoms with van der Waals surface area (Å²) in [5.41, 5.74) is 0.652. The van der Waals surface area contributed by atoms with Gasteiger partial charge in [0.2, 0.25) is 0 Å². The predicted molar refractivity (Wildman–Crippen MR) is 75.2 cm³/mol. The van der Waals surface area contributed by atoms with E-state index in [1.165, 1.54) is 6.04 Å². The van der Waals surface area contributed by atoms with Gasteiger partial charge in [0.15, 0.2) is 7.38 Å². The van der Waals surface area contributed by atoms with E-state index >= 15 is 0 Å². The third-order valence-corrected chi connectivity index (χ3v) is 13.3. The van der Waals surface area contributed by atoms with Gasteiger partial charge in [-0.15, -0.1) is 0 Å². The van der Waals surface area contributed by atoms with Crippen molar-refractivity contribution in [3.05, 3.63) is 0 Å². The smallest absolute Gasteiger partial charge is 0.165 e. The molecule has 0 nitrogen and oxygen atoms in total. The monoisotopic (exact) mass is 248 g/mol. The Kier molecular flexibility index (Phi) is 5.40. The molecular weight excluding hydrogens is 220 g/mol. The Bertz CT molecular complexity index is 197. The second-order valence-corrected chi connectivity index (χ2v) is 13.1. The lowest BCUT2D eigenvalue weighted by Gasteiger charge is -2.47. The molecule has 0 bridgehead atoms. The van der Waals surface area contributed by atoms with E-state index < -0.39 is 7.38 Å². The summed E-state index contributed by atoms with van der Waals surface area (Å²) in [4.78, 5) is 0. The zero-order chi connectivity index (χ0) is 12.4. The van der Waals surface area contributed by atoms with Crippen molar-refractivity contribution in [1.29, 1.82) is 0 Å². The molecule has 0 rings (SSSR count). The minimum Gasteiger partial charge on any atom is -0.166 e. The van der Waals surface area contributed by atoms with Crippen molar-refractivity contribution in [1.82, 2.24) is 0 Å². The summed E-state index contributed by atoms with van der Waals surface area (Å²) in [7, 11) is -1.71. The van der Waals surface area contributed by atoms with Crippen LogP contribution in [0.4, 0.5) is 0 Å². The van der Waals surface area contributed by atoms with Gasteiger partial charge in [0.05, 0.1) is 0 Å². The van der Waals surface area contributed by atoms with Crippen molar-refractivity contribution in [3.8, 4) is 0 Å². The van der Waals surface area contributed by atoms with Crippen LogP contribution in [-0.4, -0.2) is 7.38 Å². The highest BCUT2D eigenvalue weighted by Crippen LogP contribution is 2.54. The Morgan fingerprint density at radius 1 is 1.00 bits per heavy atom. The van der Waals surface area contributed by atoms with Gasteiger partial charge in [0.1, 0.15) is 0 Å². The van der Waals surface area contributed by atoms with Crippen LogP contribution in [0.2, 0.25) is 16.6 Å². The molecule has 0 fully saturated rings. The maximum absolute atomic E-state index is 7.09. The molecule has 1 unspecified atom stereocenters. The normalized spacial score (nSPS) is 17.6. The number of halogens is 1. The Morgan fingerprint density at radius 2 is 1.40 bits per heavy atom. The number of hydrogen-bond acceptors (Lipinski definition) is 0. The van der Waals surface area contributed by atoms with Gasteiger partial charge in [-0.05, 0) is 28.5 Å². The Balaban J connectivity index is 5.10. The fraction of sp³-hybridized carbons (Fsp3) is 1.00. The van der Waals surface area contributed by atoms with E-state index in [0.717, 1.165) is 5.92 Å². The fourth-order valence-electron chi connectivity index (χ4n) is 2.32. The lowest BCUT2D eigenvalue weighted by atomic mass is 9.99. The van der Waals surface area contributed by atoms with Gasteiger partial charge < -0.3 is 0 Å². The first kappa shape index (κ1) is 15.5. The molecule has 0 saturated heterocycles. The molecule has 0 radical (unpaired) electrons. The van der Waals surface area contributed by atoms with Crippen LogP contribution >= 0.6 is 11.1 Å². The van der Waals surface area contributed by atoms with Gasteiger partial charge in [-0.3, -0.25) is 0 Å². The van der Waals surface area contributed by atoms with Crippen LogP contribution < -0.4 is 0 Å². The molecular formula is C13H29ClSi. The topological polar surface area (TPSA) is 0 Å². The maximum Gasteiger partial charge on any atom is 0.165 e. The van der Waals surface area contributed by atoms with E-state index in [2.05, 4.69) is 55.4 Å². The molecule has 1 atom stereocenters. The van der Waals surface area contributed by atoms with Crippen LogP contribution in [0.3, 0.4) is 0 Å². The summed E-state index contributed by atoms with van der Waals surface area (Å²) in [6, 6.07) is 1.23. The SMILES string of the molecule is CC(C)C[Si](Cl)(C(C)C)C(C)(C)C(C)C. The highest BCUT2D eigenvalue weighted by Gasteiger charge is 2.50. The lowest BCUT2D eigenvalue weighted by Crippen LogP contribution is -2.46. The van der Waals surface area contributed by atoms with E-state index in [4.69, 9.17) is 11.1 Å². The van der Waals surface area contributed by atoms with Crippen molar-refractivity contribution in [2.45, 2.75) is 72.0 Å². The largest absolute Gasteiger partial charge is 0.166 e. The third kappa shape index (κ3) is 3.23. The average Bonchev–Trinajstić information content (AvgIpc) is 2.01. The maximum atomic E-state index is 7.09. The van der Waals surface area contributed by atoms with E-state index in [9.17, 15) is 0 Å². The van der Waals surface area contributed by atoms with Gasteiger partial charge >= 0.3 is 0 Å². The van der Waals surface area contributed by atoms with Gasteiger partial charge in [-0.25, -0.2) is 0 Å². The van der Waals surface area contributed by atoms with Crippen molar-refractivity contribution >= 4 is 18.5 Å². The molecule has 0 aromatic rings. The molecule has 0 aliphatic carbocycles. The van der Waals surface area contributed by atoms with Gasteiger partial charge in [-0.1, -0.05) is 55.4 Å². The summed E-state index contributed by atoms with van der Waals surface area (Å²) in [6.07, 6.45) is 0. The quantitative estimate of drug-likeness (QED) is 0.434. The second-order valence-electron chi connectivity index (χ2n) is 6.49. The molecule has 2 heteroatoms. The molecule has 0 aliphatic rings. The predicted octanol–water partition coefficient (Wildman–Crippen LogP) is 5.67. The number of hydrogen-bond donors (Lipinski definition) is 0. The molecule has 0 aliphatic heterocycles. The molecule has 0 amide bonds. The molecule has 15 heavy (non-hydrogen) atoms. The Labute approximate surface area is 103 Å². The zero-order valence-electron chi connectivity index (χ0n) is 11.8. The standard InChI is InChI=1S/C13H29ClSi/c1-10(2)9-15(14,12(5)6)13(7,8)11(3)4/h10-12H,9H2,1-8H3. The first-order valence-electron chi connectivity index (χ1n) is 6.24. The third-order valence-electron chi connectivity index (χ3n) is 4.13. The average molecular weight is 249 g/mol. The van der Waals surface area contributed by atoms with E-state index in [0.29, 0.717) is 16.5 Å². The summed E-state index contributed by atoms with van der Waals surface area (Å²) < 4.78 is 0. The molecule has 0 N–H and O–H groups in total.